The summed E-state index contributed by atoms with van der Waals surface area (Å²) in [5.41, 5.74) is 0. The van der Waals surface area contributed by atoms with E-state index in [0.717, 1.165) is 0 Å². The molecule has 0 unspecified atom stereocenters. The molecule has 0 fully saturated rings. The molecule has 48 valence electrons. The lowest BCUT2D eigenvalue weighted by molar-refractivity contribution is 0.294. The number of aliphatic hydroxyl groups is 1. The minimum atomic E-state index is 0.143. The van der Waals surface area contributed by atoms with Crippen LogP contribution in [-0.4, -0.2) is 24.8 Å². The van der Waals surface area contributed by atoms with Crippen molar-refractivity contribution in [1.82, 2.24) is 5.32 Å². The number of hydrogen-bond donors (Lipinski definition) is 2. The summed E-state index contributed by atoms with van der Waals surface area (Å²) in [4.78, 5) is 0. The molecule has 0 aromatic heterocycles. The van der Waals surface area contributed by atoms with Crippen molar-refractivity contribution >= 4 is 11.6 Å². The van der Waals surface area contributed by atoms with Gasteiger partial charge in [0, 0.05) is 18.1 Å². The second kappa shape index (κ2) is 5.09. The lowest BCUT2D eigenvalue weighted by atomic mass is 10.6. The number of hydrogen-bond acceptors (Lipinski definition) is 2. The predicted octanol–water partition coefficient (Wildman–Crippen LogP) is 0.321. The Morgan fingerprint density at radius 2 is 2.38 bits per heavy atom. The van der Waals surface area contributed by atoms with E-state index in [2.05, 4.69) is 11.9 Å². The van der Waals surface area contributed by atoms with E-state index in [4.69, 9.17) is 16.7 Å². The van der Waals surface area contributed by atoms with Crippen LogP contribution >= 0.6 is 11.6 Å². The van der Waals surface area contributed by atoms with E-state index >= 15 is 0 Å². The average Bonchev–Trinajstić information content (AvgIpc) is 1.66. The molecule has 0 saturated heterocycles. The molecule has 0 amide bonds. The molecular weight excluding hydrogens is 126 g/mol. The van der Waals surface area contributed by atoms with Gasteiger partial charge in [-0.05, 0) is 0 Å². The highest BCUT2D eigenvalue weighted by Crippen LogP contribution is 1.90. The number of rotatable bonds is 4. The normalized spacial score (nSPS) is 9.25. The second-order valence-corrected chi connectivity index (χ2v) is 1.95. The summed E-state index contributed by atoms with van der Waals surface area (Å²) in [6.07, 6.45) is 0. The lowest BCUT2D eigenvalue weighted by Gasteiger charge is -1.96. The highest BCUT2D eigenvalue weighted by Gasteiger charge is 1.84. The zero-order valence-electron chi connectivity index (χ0n) is 4.65. The van der Waals surface area contributed by atoms with E-state index in [-0.39, 0.29) is 6.61 Å². The van der Waals surface area contributed by atoms with E-state index in [0.29, 0.717) is 18.1 Å². The van der Waals surface area contributed by atoms with Crippen LogP contribution in [0, 0.1) is 0 Å². The summed E-state index contributed by atoms with van der Waals surface area (Å²) in [6.45, 7) is 4.74. The molecule has 8 heavy (non-hydrogen) atoms. The molecule has 0 bridgehead atoms. The number of halogens is 1. The van der Waals surface area contributed by atoms with Gasteiger partial charge in [-0.1, -0.05) is 18.2 Å². The Bertz CT molecular complexity index is 74.8. The van der Waals surface area contributed by atoms with Crippen molar-refractivity contribution in [3.8, 4) is 0 Å². The van der Waals surface area contributed by atoms with E-state index in [1.807, 2.05) is 0 Å². The standard InChI is InChI=1S/C5H10ClNO/c1-5(6)4-7-2-3-8/h7-8H,1-4H2. The summed E-state index contributed by atoms with van der Waals surface area (Å²) >= 11 is 5.37. The largest absolute Gasteiger partial charge is 0.395 e. The van der Waals surface area contributed by atoms with Gasteiger partial charge in [-0.2, -0.15) is 0 Å². The summed E-state index contributed by atoms with van der Waals surface area (Å²) in [5, 5.41) is 11.7. The predicted molar refractivity (Wildman–Crippen MR) is 34.9 cm³/mol. The van der Waals surface area contributed by atoms with Crippen molar-refractivity contribution in [3.05, 3.63) is 11.6 Å². The molecular formula is C5H10ClNO. The first-order valence-electron chi connectivity index (χ1n) is 2.42. The molecule has 0 aromatic rings. The first-order chi connectivity index (χ1) is 3.77. The smallest absolute Gasteiger partial charge is 0.0556 e. The lowest BCUT2D eigenvalue weighted by Crippen LogP contribution is -2.18. The van der Waals surface area contributed by atoms with Crippen molar-refractivity contribution in [3.63, 3.8) is 0 Å². The van der Waals surface area contributed by atoms with Gasteiger partial charge in [-0.3, -0.25) is 0 Å². The molecule has 0 aliphatic heterocycles. The summed E-state index contributed by atoms with van der Waals surface area (Å²) in [7, 11) is 0. The summed E-state index contributed by atoms with van der Waals surface area (Å²) in [6, 6.07) is 0. The summed E-state index contributed by atoms with van der Waals surface area (Å²) in [5.74, 6) is 0. The quantitative estimate of drug-likeness (QED) is 0.545. The molecule has 0 radical (unpaired) electrons. The SMILES string of the molecule is C=C(Cl)CNCCO. The third kappa shape index (κ3) is 5.95. The van der Waals surface area contributed by atoms with Gasteiger partial charge in [-0.15, -0.1) is 0 Å². The molecule has 2 nitrogen and oxygen atoms in total. The first-order valence-corrected chi connectivity index (χ1v) is 2.80. The van der Waals surface area contributed by atoms with Crippen LogP contribution in [-0.2, 0) is 0 Å². The van der Waals surface area contributed by atoms with Crippen molar-refractivity contribution in [2.45, 2.75) is 0 Å². The van der Waals surface area contributed by atoms with Crippen molar-refractivity contribution in [2.75, 3.05) is 19.7 Å². The van der Waals surface area contributed by atoms with E-state index in [1.165, 1.54) is 0 Å². The van der Waals surface area contributed by atoms with Gasteiger partial charge in [0.25, 0.3) is 0 Å². The Labute approximate surface area is 54.2 Å². The maximum Gasteiger partial charge on any atom is 0.0556 e. The molecule has 0 atom stereocenters. The molecule has 0 aliphatic carbocycles. The highest BCUT2D eigenvalue weighted by atomic mass is 35.5. The van der Waals surface area contributed by atoms with Crippen LogP contribution in [0.25, 0.3) is 0 Å². The topological polar surface area (TPSA) is 32.3 Å². The Morgan fingerprint density at radius 3 is 2.75 bits per heavy atom. The van der Waals surface area contributed by atoms with Crippen LogP contribution in [0.2, 0.25) is 0 Å². The molecule has 0 aromatic carbocycles. The molecule has 0 saturated carbocycles. The maximum atomic E-state index is 8.24. The molecule has 0 spiro atoms. The highest BCUT2D eigenvalue weighted by molar-refractivity contribution is 6.29. The minimum absolute atomic E-state index is 0.143. The van der Waals surface area contributed by atoms with Gasteiger partial charge in [0.1, 0.15) is 0 Å². The van der Waals surface area contributed by atoms with Crippen molar-refractivity contribution in [1.29, 1.82) is 0 Å². The minimum Gasteiger partial charge on any atom is -0.395 e. The maximum absolute atomic E-state index is 8.24. The zero-order valence-corrected chi connectivity index (χ0v) is 5.41. The van der Waals surface area contributed by atoms with Crippen molar-refractivity contribution in [2.24, 2.45) is 0 Å². The van der Waals surface area contributed by atoms with E-state index in [1.54, 1.807) is 0 Å². The van der Waals surface area contributed by atoms with Gasteiger partial charge >= 0.3 is 0 Å². The van der Waals surface area contributed by atoms with Gasteiger partial charge in [0.2, 0.25) is 0 Å². The van der Waals surface area contributed by atoms with E-state index < -0.39 is 0 Å². The fraction of sp³-hybridized carbons (Fsp3) is 0.600. The molecule has 2 N–H and O–H groups in total. The monoisotopic (exact) mass is 135 g/mol. The summed E-state index contributed by atoms with van der Waals surface area (Å²) < 4.78 is 0. The van der Waals surface area contributed by atoms with Crippen molar-refractivity contribution < 1.29 is 5.11 Å². The first kappa shape index (κ1) is 7.95. The average molecular weight is 136 g/mol. The number of nitrogens with one attached hydrogen (secondary N) is 1. The van der Waals surface area contributed by atoms with Gasteiger partial charge < -0.3 is 10.4 Å². The van der Waals surface area contributed by atoms with Gasteiger partial charge in [-0.25, -0.2) is 0 Å². The number of aliphatic hydroxyl groups excluding tert-OH is 1. The Morgan fingerprint density at radius 1 is 1.75 bits per heavy atom. The second-order valence-electron chi connectivity index (χ2n) is 1.42. The van der Waals surface area contributed by atoms with Crippen LogP contribution in [0.4, 0.5) is 0 Å². The van der Waals surface area contributed by atoms with Crippen LogP contribution in [0.5, 0.6) is 0 Å². The van der Waals surface area contributed by atoms with Crippen LogP contribution < -0.4 is 5.32 Å². The van der Waals surface area contributed by atoms with Crippen LogP contribution in [0.1, 0.15) is 0 Å². The molecule has 0 aliphatic rings. The fourth-order valence-electron chi connectivity index (χ4n) is 0.303. The molecule has 0 heterocycles. The molecule has 0 rings (SSSR count). The van der Waals surface area contributed by atoms with Crippen LogP contribution in [0.15, 0.2) is 11.6 Å². The Balaban J connectivity index is 2.82. The zero-order chi connectivity index (χ0) is 6.41. The third-order valence-corrected chi connectivity index (χ3v) is 0.739. The van der Waals surface area contributed by atoms with Gasteiger partial charge in [0.05, 0.1) is 6.61 Å². The van der Waals surface area contributed by atoms with E-state index in [9.17, 15) is 0 Å². The van der Waals surface area contributed by atoms with Gasteiger partial charge in [0.15, 0.2) is 0 Å². The third-order valence-electron chi connectivity index (χ3n) is 0.605. The van der Waals surface area contributed by atoms with Crippen LogP contribution in [0.3, 0.4) is 0 Å². The Kier molecular flexibility index (Phi) is 5.06. The Hall–Kier alpha value is -0.0500. The fourth-order valence-corrected chi connectivity index (χ4v) is 0.398. The molecule has 3 heteroatoms.